The molecule has 39 heavy (non-hydrogen) atoms. The molecule has 3 aliphatic rings. The number of benzene rings is 2. The van der Waals surface area contributed by atoms with E-state index in [2.05, 4.69) is 22.8 Å². The highest BCUT2D eigenvalue weighted by Gasteiger charge is 2.42. The van der Waals surface area contributed by atoms with Crippen molar-refractivity contribution in [3.63, 3.8) is 0 Å². The summed E-state index contributed by atoms with van der Waals surface area (Å²) in [4.78, 5) is 52.7. The van der Waals surface area contributed by atoms with E-state index in [1.165, 1.54) is 34.2 Å². The van der Waals surface area contributed by atoms with E-state index < -0.39 is 36.3 Å². The molecule has 0 spiro atoms. The molecule has 2 heterocycles. The number of rotatable bonds is 7. The van der Waals surface area contributed by atoms with Crippen molar-refractivity contribution in [2.75, 3.05) is 12.3 Å². The maximum absolute atomic E-state index is 13.3. The van der Waals surface area contributed by atoms with Crippen LogP contribution in [-0.2, 0) is 36.7 Å². The predicted octanol–water partition coefficient (Wildman–Crippen LogP) is 1.97. The van der Waals surface area contributed by atoms with Crippen LogP contribution in [0.3, 0.4) is 0 Å². The summed E-state index contributed by atoms with van der Waals surface area (Å²) < 4.78 is 11.5. The average Bonchev–Trinajstić information content (AvgIpc) is 3.63. The number of fused-ring (bicyclic) bond motifs is 1. The molecule has 0 aromatic heterocycles. The van der Waals surface area contributed by atoms with Gasteiger partial charge in [0.25, 0.3) is 5.91 Å². The molecular weight excluding hydrogens is 524 g/mol. The van der Waals surface area contributed by atoms with Crippen molar-refractivity contribution in [2.45, 2.75) is 69.5 Å². The summed E-state index contributed by atoms with van der Waals surface area (Å²) in [6.07, 6.45) is 1.48. The second-order valence-electron chi connectivity index (χ2n) is 10.2. The monoisotopic (exact) mass is 554 g/mol. The average molecular weight is 555 g/mol. The zero-order valence-electron chi connectivity index (χ0n) is 21.5. The van der Waals surface area contributed by atoms with Gasteiger partial charge in [-0.3, -0.25) is 19.2 Å². The van der Waals surface area contributed by atoms with Crippen LogP contribution in [-0.4, -0.2) is 65.7 Å². The van der Waals surface area contributed by atoms with Gasteiger partial charge in [-0.05, 0) is 61.9 Å². The maximum Gasteiger partial charge on any atom is 0.310 e. The number of cyclic esters (lactones) is 1. The number of nitrogens with zero attached hydrogens (tertiary/aromatic N) is 1. The van der Waals surface area contributed by atoms with Crippen LogP contribution in [0.1, 0.15) is 47.7 Å². The summed E-state index contributed by atoms with van der Waals surface area (Å²) in [5.74, 6) is -1.68. The number of carbonyl (C=O) groups excluding carboxylic acids is 4. The second kappa shape index (κ2) is 11.2. The molecule has 4 N–H and O–H groups in total. The number of carbonyl (C=O) groups is 4. The van der Waals surface area contributed by atoms with Gasteiger partial charge in [0, 0.05) is 12.1 Å². The number of esters is 1. The van der Waals surface area contributed by atoms with E-state index in [-0.39, 0.29) is 34.9 Å². The van der Waals surface area contributed by atoms with Crippen molar-refractivity contribution >= 4 is 41.0 Å². The van der Waals surface area contributed by atoms with Crippen LogP contribution in [0.2, 0.25) is 5.02 Å². The lowest BCUT2D eigenvalue weighted by Gasteiger charge is -2.29. The smallest absolute Gasteiger partial charge is 0.310 e. The van der Waals surface area contributed by atoms with Crippen molar-refractivity contribution in [2.24, 2.45) is 0 Å². The summed E-state index contributed by atoms with van der Waals surface area (Å²) in [5.41, 5.74) is 8.72. The molecule has 2 unspecified atom stereocenters. The van der Waals surface area contributed by atoms with Crippen molar-refractivity contribution in [1.29, 1.82) is 0 Å². The van der Waals surface area contributed by atoms with Gasteiger partial charge in [0.2, 0.25) is 18.1 Å². The van der Waals surface area contributed by atoms with Gasteiger partial charge in [-0.15, -0.1) is 0 Å². The van der Waals surface area contributed by atoms with Gasteiger partial charge in [0.1, 0.15) is 18.1 Å². The molecule has 5 rings (SSSR count). The van der Waals surface area contributed by atoms with Crippen LogP contribution in [0, 0.1) is 0 Å². The van der Waals surface area contributed by atoms with E-state index in [9.17, 15) is 19.2 Å². The predicted molar refractivity (Wildman–Crippen MR) is 143 cm³/mol. The summed E-state index contributed by atoms with van der Waals surface area (Å²) in [5, 5.41) is 5.79. The lowest BCUT2D eigenvalue weighted by molar-refractivity contribution is -0.175. The summed E-state index contributed by atoms with van der Waals surface area (Å²) >= 11 is 6.01. The number of hydrogen-bond donors (Lipinski definition) is 3. The van der Waals surface area contributed by atoms with Crippen LogP contribution in [0.15, 0.2) is 42.5 Å². The first kappa shape index (κ1) is 27.0. The van der Waals surface area contributed by atoms with Crippen molar-refractivity contribution in [3.05, 3.63) is 64.2 Å². The first-order chi connectivity index (χ1) is 18.7. The van der Waals surface area contributed by atoms with Gasteiger partial charge in [0.05, 0.1) is 23.2 Å². The van der Waals surface area contributed by atoms with Crippen LogP contribution in [0.25, 0.3) is 0 Å². The topological polar surface area (TPSA) is 140 Å². The number of halogens is 1. The minimum atomic E-state index is -0.892. The molecule has 11 heteroatoms. The third-order valence-electron chi connectivity index (χ3n) is 7.45. The van der Waals surface area contributed by atoms with Crippen LogP contribution in [0.4, 0.5) is 5.69 Å². The largest absolute Gasteiger partial charge is 0.433 e. The highest BCUT2D eigenvalue weighted by atomic mass is 35.5. The molecule has 0 radical (unpaired) electrons. The fraction of sp³-hybridized carbons (Fsp3) is 0.429. The van der Waals surface area contributed by atoms with Crippen LogP contribution >= 0.6 is 11.6 Å². The molecule has 4 atom stereocenters. The Morgan fingerprint density at radius 3 is 2.54 bits per heavy atom. The Labute approximate surface area is 231 Å². The standard InChI is InChI=1S/C28H31ClN4O6/c1-15(31-25(35)18-8-9-21(30)20(29)13-18)27(37)33-10-4-7-23(33)26(36)32-22-14-24(34)39-28(22)38-19-11-16-5-2-3-6-17(16)12-19/h2-3,5-6,8-9,13,15,19,22-23,28H,4,7,10-12,14,30H2,1H3,(H,31,35)(H,32,36)/t15-,22?,23-,28?/m0/s1. The zero-order valence-corrected chi connectivity index (χ0v) is 22.3. The van der Waals surface area contributed by atoms with Gasteiger partial charge in [0.15, 0.2) is 0 Å². The number of likely N-dealkylation sites (tertiary alicyclic amines) is 1. The number of hydrogen-bond acceptors (Lipinski definition) is 7. The first-order valence-corrected chi connectivity index (χ1v) is 13.5. The number of nitrogens with one attached hydrogen (secondary N) is 2. The molecular formula is C28H31ClN4O6. The number of nitrogen functional groups attached to an aromatic ring is 1. The van der Waals surface area contributed by atoms with Gasteiger partial charge < -0.3 is 30.7 Å². The first-order valence-electron chi connectivity index (χ1n) is 13.1. The lowest BCUT2D eigenvalue weighted by Crippen LogP contribution is -2.54. The van der Waals surface area contributed by atoms with Gasteiger partial charge in [-0.25, -0.2) is 0 Å². The highest BCUT2D eigenvalue weighted by molar-refractivity contribution is 6.33. The molecule has 2 aromatic carbocycles. The van der Waals surface area contributed by atoms with Crippen molar-refractivity contribution in [3.8, 4) is 0 Å². The molecule has 0 bridgehead atoms. The van der Waals surface area contributed by atoms with Gasteiger partial charge in [-0.2, -0.15) is 0 Å². The minimum Gasteiger partial charge on any atom is -0.433 e. The summed E-state index contributed by atoms with van der Waals surface area (Å²) in [6.45, 7) is 1.95. The molecule has 2 saturated heterocycles. The van der Waals surface area contributed by atoms with Crippen LogP contribution < -0.4 is 16.4 Å². The number of ether oxygens (including phenoxy) is 2. The Balaban J connectivity index is 1.18. The molecule has 2 aliphatic heterocycles. The lowest BCUT2D eigenvalue weighted by atomic mass is 10.1. The van der Waals surface area contributed by atoms with E-state index >= 15 is 0 Å². The van der Waals surface area contributed by atoms with E-state index in [1.54, 1.807) is 6.92 Å². The Morgan fingerprint density at radius 2 is 1.85 bits per heavy atom. The van der Waals surface area contributed by atoms with E-state index in [0.29, 0.717) is 37.9 Å². The Morgan fingerprint density at radius 1 is 1.13 bits per heavy atom. The van der Waals surface area contributed by atoms with Gasteiger partial charge >= 0.3 is 5.97 Å². The quantitative estimate of drug-likeness (QED) is 0.351. The highest BCUT2D eigenvalue weighted by Crippen LogP contribution is 2.28. The Hall–Kier alpha value is -3.63. The number of anilines is 1. The van der Waals surface area contributed by atoms with Crippen molar-refractivity contribution < 1.29 is 28.7 Å². The zero-order chi connectivity index (χ0) is 27.7. The van der Waals surface area contributed by atoms with Crippen molar-refractivity contribution in [1.82, 2.24) is 15.5 Å². The fourth-order valence-electron chi connectivity index (χ4n) is 5.42. The van der Waals surface area contributed by atoms with E-state index in [1.807, 2.05) is 12.1 Å². The molecule has 206 valence electrons. The maximum atomic E-state index is 13.3. The number of nitrogens with two attached hydrogens (primary N) is 1. The Kier molecular flexibility index (Phi) is 7.76. The minimum absolute atomic E-state index is 0.00660. The number of amides is 3. The normalized spacial score (nSPS) is 23.3. The molecule has 2 fully saturated rings. The fourth-order valence-corrected chi connectivity index (χ4v) is 5.60. The third kappa shape index (κ3) is 5.86. The van der Waals surface area contributed by atoms with E-state index in [0.717, 1.165) is 0 Å². The third-order valence-corrected chi connectivity index (χ3v) is 7.78. The van der Waals surface area contributed by atoms with Gasteiger partial charge in [-0.1, -0.05) is 35.9 Å². The summed E-state index contributed by atoms with van der Waals surface area (Å²) in [6, 6.07) is 10.3. The molecule has 1 aliphatic carbocycles. The molecule has 10 nitrogen and oxygen atoms in total. The molecule has 3 amide bonds. The Bertz CT molecular complexity index is 1280. The van der Waals surface area contributed by atoms with E-state index in [4.69, 9.17) is 26.8 Å². The SMILES string of the molecule is C[C@H](NC(=O)c1ccc(N)c(Cl)c1)C(=O)N1CCC[C@H]1C(=O)NC1CC(=O)OC1OC1Cc2ccccc2C1. The summed E-state index contributed by atoms with van der Waals surface area (Å²) in [7, 11) is 0. The second-order valence-corrected chi connectivity index (χ2v) is 10.6. The molecule has 0 saturated carbocycles. The molecule has 2 aromatic rings. The van der Waals surface area contributed by atoms with Crippen LogP contribution in [0.5, 0.6) is 0 Å².